The van der Waals surface area contributed by atoms with Gasteiger partial charge in [0.15, 0.2) is 8.07 Å². The van der Waals surface area contributed by atoms with Crippen molar-refractivity contribution in [1.82, 2.24) is 5.32 Å². The summed E-state index contributed by atoms with van der Waals surface area (Å²) < 4.78 is 0. The molecule has 0 aliphatic heterocycles. The molecule has 1 aliphatic rings. The molecule has 1 fully saturated rings. The number of hydrogen-bond donors (Lipinski definition) is 1. The summed E-state index contributed by atoms with van der Waals surface area (Å²) >= 11 is 0. The van der Waals surface area contributed by atoms with Gasteiger partial charge in [-0.15, -0.1) is 11.5 Å². The van der Waals surface area contributed by atoms with Gasteiger partial charge in [0, 0.05) is 18.5 Å². The lowest BCUT2D eigenvalue weighted by molar-refractivity contribution is 0.467. The first-order valence-corrected chi connectivity index (χ1v) is 12.0. The molecule has 1 saturated carbocycles. The van der Waals surface area contributed by atoms with Gasteiger partial charge in [-0.2, -0.15) is 0 Å². The summed E-state index contributed by atoms with van der Waals surface area (Å²) in [6.45, 7) is 5.66. The summed E-state index contributed by atoms with van der Waals surface area (Å²) in [5, 5.41) is 5.17. The predicted molar refractivity (Wildman–Crippen MR) is 106 cm³/mol. The zero-order valence-corrected chi connectivity index (χ0v) is 15.8. The van der Waals surface area contributed by atoms with Crippen LogP contribution in [0.15, 0.2) is 60.7 Å². The lowest BCUT2D eigenvalue weighted by Crippen LogP contribution is -2.40. The number of rotatable bonds is 4. The minimum Gasteiger partial charge on any atom is -0.309 e. The van der Waals surface area contributed by atoms with E-state index >= 15 is 0 Å². The maximum absolute atomic E-state index is 3.74. The van der Waals surface area contributed by atoms with Gasteiger partial charge in [-0.1, -0.05) is 80.2 Å². The van der Waals surface area contributed by atoms with Crippen LogP contribution >= 0.6 is 0 Å². The molecule has 0 radical (unpaired) electrons. The highest BCUT2D eigenvalue weighted by Crippen LogP contribution is 2.25. The van der Waals surface area contributed by atoms with Crippen molar-refractivity contribution < 1.29 is 0 Å². The molecule has 1 aliphatic carbocycles. The molecule has 0 amide bonds. The van der Waals surface area contributed by atoms with Gasteiger partial charge < -0.3 is 5.32 Å². The fraction of sp³-hybridized carbons (Fsp3) is 0.364. The molecule has 2 atom stereocenters. The predicted octanol–water partition coefficient (Wildman–Crippen LogP) is 4.10. The number of benzene rings is 2. The van der Waals surface area contributed by atoms with Gasteiger partial charge in [0.1, 0.15) is 0 Å². The molecule has 0 heterocycles. The van der Waals surface area contributed by atoms with E-state index in [9.17, 15) is 0 Å². The third-order valence-corrected chi connectivity index (χ3v) is 7.54. The van der Waals surface area contributed by atoms with Gasteiger partial charge in [0.2, 0.25) is 0 Å². The summed E-state index contributed by atoms with van der Waals surface area (Å²) in [6.07, 6.45) is 3.78. The van der Waals surface area contributed by atoms with E-state index in [1.54, 1.807) is 0 Å². The monoisotopic (exact) mass is 333 g/mol. The molecule has 1 nitrogen and oxygen atoms in total. The van der Waals surface area contributed by atoms with Gasteiger partial charge >= 0.3 is 0 Å². The Morgan fingerprint density at radius 3 is 2.33 bits per heavy atom. The highest BCUT2D eigenvalue weighted by atomic mass is 28.3. The van der Waals surface area contributed by atoms with Crippen LogP contribution in [0.2, 0.25) is 13.1 Å². The van der Waals surface area contributed by atoms with E-state index in [1.807, 2.05) is 0 Å². The number of nitrogens with one attached hydrogen (secondary N) is 1. The smallest absolute Gasteiger partial charge is 0.162 e. The van der Waals surface area contributed by atoms with Crippen molar-refractivity contribution in [3.8, 4) is 11.5 Å². The highest BCUT2D eigenvalue weighted by molar-refractivity contribution is 6.96. The first-order valence-electron chi connectivity index (χ1n) is 9.01. The maximum Gasteiger partial charge on any atom is 0.162 e. The van der Waals surface area contributed by atoms with E-state index in [1.165, 1.54) is 30.0 Å². The van der Waals surface area contributed by atoms with Gasteiger partial charge in [-0.05, 0) is 23.6 Å². The molecule has 2 aromatic carbocycles. The SMILES string of the molecule is C[Si](C)(C#C[C@H]1CCC[C@H]1NCc1ccccc1)c1ccccc1. The zero-order chi connectivity index (χ0) is 16.8. The van der Waals surface area contributed by atoms with Crippen LogP contribution in [-0.4, -0.2) is 14.1 Å². The molecular weight excluding hydrogens is 306 g/mol. The Bertz CT molecular complexity index is 697. The molecule has 24 heavy (non-hydrogen) atoms. The molecule has 0 saturated heterocycles. The summed E-state index contributed by atoms with van der Waals surface area (Å²) in [4.78, 5) is 0. The Labute approximate surface area is 147 Å². The summed E-state index contributed by atoms with van der Waals surface area (Å²) in [6, 6.07) is 22.0. The molecule has 1 N–H and O–H groups in total. The number of hydrogen-bond acceptors (Lipinski definition) is 1. The standard InChI is InChI=1S/C22H27NSi/c1-24(2,21-13-7-4-8-14-21)17-16-20-12-9-15-22(20)23-18-19-10-5-3-6-11-19/h3-8,10-11,13-14,20,22-23H,9,12,15,18H2,1-2H3/t20-,22-/m1/s1. The van der Waals surface area contributed by atoms with Crippen molar-refractivity contribution in [2.24, 2.45) is 5.92 Å². The first-order chi connectivity index (χ1) is 11.6. The minimum atomic E-state index is -1.65. The molecule has 2 heteroatoms. The molecule has 0 unspecified atom stereocenters. The quantitative estimate of drug-likeness (QED) is 0.656. The van der Waals surface area contributed by atoms with Gasteiger partial charge in [0.05, 0.1) is 0 Å². The fourth-order valence-electron chi connectivity index (χ4n) is 3.42. The van der Waals surface area contributed by atoms with Crippen LogP contribution < -0.4 is 10.5 Å². The summed E-state index contributed by atoms with van der Waals surface area (Å²) in [5.74, 6) is 4.16. The molecular formula is C22H27NSi. The van der Waals surface area contributed by atoms with Crippen LogP contribution in [0.1, 0.15) is 24.8 Å². The molecule has 124 valence electrons. The molecule has 0 spiro atoms. The van der Waals surface area contributed by atoms with E-state index in [0.29, 0.717) is 12.0 Å². The Kier molecular flexibility index (Phi) is 5.55. The van der Waals surface area contributed by atoms with Crippen LogP contribution in [0.4, 0.5) is 0 Å². The highest BCUT2D eigenvalue weighted by Gasteiger charge is 2.26. The van der Waals surface area contributed by atoms with Gasteiger partial charge in [0.25, 0.3) is 0 Å². The Morgan fingerprint density at radius 2 is 1.62 bits per heavy atom. The average molecular weight is 334 g/mol. The topological polar surface area (TPSA) is 12.0 Å². The van der Waals surface area contributed by atoms with Crippen LogP contribution in [0, 0.1) is 17.4 Å². The Morgan fingerprint density at radius 1 is 0.958 bits per heavy atom. The second-order valence-electron chi connectivity index (χ2n) is 7.27. The normalized spacial score (nSPS) is 20.4. The van der Waals surface area contributed by atoms with Crippen LogP contribution in [-0.2, 0) is 6.54 Å². The Hall–Kier alpha value is -1.82. The lowest BCUT2D eigenvalue weighted by atomic mass is 10.0. The third kappa shape index (κ3) is 4.38. The fourth-order valence-corrected chi connectivity index (χ4v) is 5.14. The maximum atomic E-state index is 3.74. The van der Waals surface area contributed by atoms with Crippen LogP contribution in [0.5, 0.6) is 0 Å². The minimum absolute atomic E-state index is 0.504. The second kappa shape index (κ2) is 7.83. The van der Waals surface area contributed by atoms with Gasteiger partial charge in [-0.3, -0.25) is 0 Å². The summed E-state index contributed by atoms with van der Waals surface area (Å²) in [5.41, 5.74) is 5.05. The lowest BCUT2D eigenvalue weighted by Gasteiger charge is -2.19. The van der Waals surface area contributed by atoms with E-state index in [2.05, 4.69) is 90.5 Å². The Balaban J connectivity index is 1.64. The van der Waals surface area contributed by atoms with Crippen LogP contribution in [0.3, 0.4) is 0 Å². The first kappa shape index (κ1) is 17.0. The zero-order valence-electron chi connectivity index (χ0n) is 14.8. The van der Waals surface area contributed by atoms with E-state index in [-0.39, 0.29) is 0 Å². The molecule has 0 bridgehead atoms. The molecule has 3 rings (SSSR count). The summed E-state index contributed by atoms with van der Waals surface area (Å²) in [7, 11) is -1.65. The largest absolute Gasteiger partial charge is 0.309 e. The van der Waals surface area contributed by atoms with E-state index in [0.717, 1.165) is 6.54 Å². The van der Waals surface area contributed by atoms with Gasteiger partial charge in [-0.25, -0.2) is 0 Å². The van der Waals surface area contributed by atoms with Crippen molar-refractivity contribution >= 4 is 13.3 Å². The average Bonchev–Trinajstić information content (AvgIpc) is 3.07. The van der Waals surface area contributed by atoms with Crippen molar-refractivity contribution in [2.75, 3.05) is 0 Å². The van der Waals surface area contributed by atoms with Crippen molar-refractivity contribution in [3.63, 3.8) is 0 Å². The second-order valence-corrected chi connectivity index (χ2v) is 11.3. The molecule has 0 aromatic heterocycles. The van der Waals surface area contributed by atoms with Crippen LogP contribution in [0.25, 0.3) is 0 Å². The molecule has 2 aromatic rings. The van der Waals surface area contributed by atoms with E-state index in [4.69, 9.17) is 0 Å². The van der Waals surface area contributed by atoms with Crippen molar-refractivity contribution in [2.45, 2.75) is 44.9 Å². The van der Waals surface area contributed by atoms with Crippen molar-refractivity contribution in [3.05, 3.63) is 66.2 Å². The van der Waals surface area contributed by atoms with E-state index < -0.39 is 8.07 Å². The van der Waals surface area contributed by atoms with Crippen molar-refractivity contribution in [1.29, 1.82) is 0 Å². The third-order valence-electron chi connectivity index (χ3n) is 4.99.